The number of furan rings is 1. The van der Waals surface area contributed by atoms with Gasteiger partial charge in [0, 0.05) is 37.1 Å². The Balaban J connectivity index is 1.15. The van der Waals surface area contributed by atoms with E-state index in [1.807, 2.05) is 12.1 Å². The van der Waals surface area contributed by atoms with Crippen molar-refractivity contribution in [2.24, 2.45) is 4.99 Å². The molecule has 238 valence electrons. The Bertz CT molecular complexity index is 2740. The molecule has 9 rings (SSSR count). The number of hydrogen-bond donors (Lipinski definition) is 1. The average molecular weight is 755 g/mol. The number of para-hydroxylation sites is 2. The first-order chi connectivity index (χ1) is 24.7. The summed E-state index contributed by atoms with van der Waals surface area (Å²) in [6.07, 6.45) is 0. The van der Waals surface area contributed by atoms with Crippen molar-refractivity contribution < 1.29 is 4.42 Å². The van der Waals surface area contributed by atoms with Gasteiger partial charge in [0.2, 0.25) is 0 Å². The lowest BCUT2D eigenvalue weighted by Crippen LogP contribution is -2.03. The fourth-order valence-corrected chi connectivity index (χ4v) is 7.80. The predicted molar refractivity (Wildman–Crippen MR) is 221 cm³/mol. The van der Waals surface area contributed by atoms with Gasteiger partial charge < -0.3 is 10.2 Å². The summed E-state index contributed by atoms with van der Waals surface area (Å²) in [5.41, 5.74) is 18.9. The summed E-state index contributed by atoms with van der Waals surface area (Å²) in [6, 6.07) is 57.4. The molecule has 0 aliphatic heterocycles. The van der Waals surface area contributed by atoms with Crippen LogP contribution in [0.15, 0.2) is 173 Å². The molecule has 0 saturated carbocycles. The van der Waals surface area contributed by atoms with Gasteiger partial charge in [-0.15, -0.1) is 0 Å². The Labute approximate surface area is 303 Å². The molecule has 0 radical (unpaired) electrons. The minimum atomic E-state index is 0.704. The first kappa shape index (κ1) is 30.3. The number of halogens is 1. The van der Waals surface area contributed by atoms with E-state index >= 15 is 0 Å². The van der Waals surface area contributed by atoms with Crippen LogP contribution < -0.4 is 5.73 Å². The third-order valence-electron chi connectivity index (χ3n) is 9.65. The van der Waals surface area contributed by atoms with Crippen LogP contribution in [0.1, 0.15) is 5.56 Å². The van der Waals surface area contributed by atoms with Gasteiger partial charge in [-0.25, -0.2) is 4.99 Å². The molecule has 0 saturated heterocycles. The van der Waals surface area contributed by atoms with Crippen LogP contribution in [0, 0.1) is 0 Å². The largest absolute Gasteiger partial charge is 0.455 e. The van der Waals surface area contributed by atoms with Crippen molar-refractivity contribution in [1.29, 1.82) is 0 Å². The summed E-state index contributed by atoms with van der Waals surface area (Å²) in [6.45, 7) is 0. The second kappa shape index (κ2) is 12.6. The molecule has 1 aromatic heterocycles. The van der Waals surface area contributed by atoms with Gasteiger partial charge in [0.25, 0.3) is 0 Å². The summed E-state index contributed by atoms with van der Waals surface area (Å²) < 4.78 is 7.54. The van der Waals surface area contributed by atoms with Crippen LogP contribution >= 0.6 is 22.6 Å². The van der Waals surface area contributed by atoms with Crippen LogP contribution in [-0.4, -0.2) is 10.1 Å². The minimum Gasteiger partial charge on any atom is -0.455 e. The molecule has 0 aliphatic carbocycles. The summed E-state index contributed by atoms with van der Waals surface area (Å²) in [4.78, 5) is 5.29. The van der Waals surface area contributed by atoms with E-state index in [1.54, 1.807) is 0 Å². The van der Waals surface area contributed by atoms with Crippen LogP contribution in [0.2, 0.25) is 0 Å². The standard InChI is InChI=1S/C46H31IN2O/c47-28-42(49-44-39-18-7-5-16-37(39)36-15-4-6-17-38(36)43(44)48)33-14-8-13-32(27-33)35-20-10-22-41-40-21-9-19-34(45(40)50-46(35)41)31-25-23-30(24-26-31)29-11-2-1-3-12-29/h1-27H,28,48H2. The predicted octanol–water partition coefficient (Wildman–Crippen LogP) is 13.0. The number of hydrogen-bond acceptors (Lipinski definition) is 3. The third-order valence-corrected chi connectivity index (χ3v) is 10.4. The van der Waals surface area contributed by atoms with Crippen LogP contribution in [0.3, 0.4) is 0 Å². The van der Waals surface area contributed by atoms with Gasteiger partial charge in [0.05, 0.1) is 17.1 Å². The molecule has 2 N–H and O–H groups in total. The molecule has 3 nitrogen and oxygen atoms in total. The maximum absolute atomic E-state index is 6.85. The van der Waals surface area contributed by atoms with Crippen molar-refractivity contribution >= 4 is 83.2 Å². The van der Waals surface area contributed by atoms with Gasteiger partial charge in [-0.1, -0.05) is 180 Å². The van der Waals surface area contributed by atoms with Crippen molar-refractivity contribution in [1.82, 2.24) is 0 Å². The second-order valence-electron chi connectivity index (χ2n) is 12.5. The smallest absolute Gasteiger partial charge is 0.143 e. The molecule has 0 atom stereocenters. The molecule has 0 fully saturated rings. The van der Waals surface area contributed by atoms with E-state index in [1.165, 1.54) is 11.1 Å². The Morgan fingerprint density at radius 1 is 0.480 bits per heavy atom. The van der Waals surface area contributed by atoms with E-state index in [4.69, 9.17) is 15.1 Å². The molecular formula is C46H31IN2O. The zero-order valence-electron chi connectivity index (χ0n) is 27.1. The van der Waals surface area contributed by atoms with Crippen LogP contribution in [-0.2, 0) is 0 Å². The molecule has 8 aromatic carbocycles. The second-order valence-corrected chi connectivity index (χ2v) is 13.3. The van der Waals surface area contributed by atoms with E-state index < -0.39 is 0 Å². The van der Waals surface area contributed by atoms with Crippen molar-refractivity contribution in [3.8, 4) is 33.4 Å². The Morgan fingerprint density at radius 3 is 1.66 bits per heavy atom. The minimum absolute atomic E-state index is 0.704. The number of fused-ring (bicyclic) bond motifs is 6. The maximum atomic E-state index is 6.85. The highest BCUT2D eigenvalue weighted by Gasteiger charge is 2.17. The SMILES string of the molecule is Nc1c(N=C(CI)c2cccc(-c3cccc4c3oc3c(-c5ccc(-c6ccccc6)cc5)cccc34)c2)c2ccccc2c2ccccc12. The highest BCUT2D eigenvalue weighted by atomic mass is 127. The zero-order chi connectivity index (χ0) is 33.6. The molecule has 1 heterocycles. The highest BCUT2D eigenvalue weighted by molar-refractivity contribution is 14.1. The molecule has 0 amide bonds. The van der Waals surface area contributed by atoms with Gasteiger partial charge in [-0.05, 0) is 44.7 Å². The lowest BCUT2D eigenvalue weighted by molar-refractivity contribution is 0.671. The number of nitrogens with two attached hydrogens (primary N) is 1. The first-order valence-corrected chi connectivity index (χ1v) is 18.2. The van der Waals surface area contributed by atoms with Gasteiger partial charge in [0.15, 0.2) is 0 Å². The fourth-order valence-electron chi connectivity index (χ4n) is 7.19. The molecule has 4 heteroatoms. The summed E-state index contributed by atoms with van der Waals surface area (Å²) in [5.74, 6) is 0. The molecule has 0 unspecified atom stereocenters. The van der Waals surface area contributed by atoms with Gasteiger partial charge in [0.1, 0.15) is 11.2 Å². The number of aliphatic imine (C=N–C) groups is 1. The van der Waals surface area contributed by atoms with E-state index in [0.717, 1.165) is 87.1 Å². The number of nitrogens with zero attached hydrogens (tertiary/aromatic N) is 1. The van der Waals surface area contributed by atoms with E-state index in [2.05, 4.69) is 174 Å². The van der Waals surface area contributed by atoms with Gasteiger partial charge >= 0.3 is 0 Å². The van der Waals surface area contributed by atoms with Crippen LogP contribution in [0.4, 0.5) is 11.4 Å². The van der Waals surface area contributed by atoms with Crippen molar-refractivity contribution in [3.05, 3.63) is 169 Å². The van der Waals surface area contributed by atoms with E-state index in [-0.39, 0.29) is 0 Å². The molecule has 50 heavy (non-hydrogen) atoms. The van der Waals surface area contributed by atoms with Crippen LogP contribution in [0.25, 0.3) is 76.9 Å². The quantitative estimate of drug-likeness (QED) is 0.0604. The summed E-state index contributed by atoms with van der Waals surface area (Å²) in [5, 5.41) is 6.58. The average Bonchev–Trinajstić information content (AvgIpc) is 3.58. The summed E-state index contributed by atoms with van der Waals surface area (Å²) >= 11 is 2.41. The fraction of sp³-hybridized carbons (Fsp3) is 0.0217. The molecular weight excluding hydrogens is 723 g/mol. The number of benzene rings is 8. The van der Waals surface area contributed by atoms with Gasteiger partial charge in [-0.2, -0.15) is 0 Å². The first-order valence-electron chi connectivity index (χ1n) is 16.7. The monoisotopic (exact) mass is 754 g/mol. The molecule has 0 bridgehead atoms. The maximum Gasteiger partial charge on any atom is 0.143 e. The third kappa shape index (κ3) is 5.15. The Hall–Kier alpha value is -5.72. The highest BCUT2D eigenvalue weighted by Crippen LogP contribution is 2.42. The molecule has 0 aliphatic rings. The number of anilines is 1. The number of nitrogen functional groups attached to an aromatic ring is 1. The van der Waals surface area contributed by atoms with Gasteiger partial charge in [-0.3, -0.25) is 0 Å². The van der Waals surface area contributed by atoms with E-state index in [9.17, 15) is 0 Å². The molecule has 9 aromatic rings. The lowest BCUT2D eigenvalue weighted by atomic mass is 9.97. The topological polar surface area (TPSA) is 51.5 Å². The Kier molecular flexibility index (Phi) is 7.66. The summed E-state index contributed by atoms with van der Waals surface area (Å²) in [7, 11) is 0. The molecule has 0 spiro atoms. The van der Waals surface area contributed by atoms with Crippen LogP contribution in [0.5, 0.6) is 0 Å². The lowest BCUT2D eigenvalue weighted by Gasteiger charge is -2.13. The number of alkyl halides is 1. The van der Waals surface area contributed by atoms with Crippen molar-refractivity contribution in [2.45, 2.75) is 0 Å². The number of rotatable bonds is 6. The zero-order valence-corrected chi connectivity index (χ0v) is 29.3. The van der Waals surface area contributed by atoms with E-state index in [0.29, 0.717) is 5.69 Å². The Morgan fingerprint density at radius 2 is 0.980 bits per heavy atom. The van der Waals surface area contributed by atoms with Crippen molar-refractivity contribution in [2.75, 3.05) is 10.2 Å². The normalized spacial score (nSPS) is 12.0. The van der Waals surface area contributed by atoms with Crippen molar-refractivity contribution in [3.63, 3.8) is 0 Å².